The zero-order chi connectivity index (χ0) is 20.9. The van der Waals surface area contributed by atoms with E-state index in [0.29, 0.717) is 18.7 Å². The Labute approximate surface area is 182 Å². The second-order valence-electron chi connectivity index (χ2n) is 6.94. The van der Waals surface area contributed by atoms with Crippen LogP contribution in [0.5, 0.6) is 0 Å². The Bertz CT molecular complexity index is 1020. The van der Waals surface area contributed by atoms with Crippen LogP contribution in [0.25, 0.3) is 10.6 Å². The predicted octanol–water partition coefficient (Wildman–Crippen LogP) is 3.41. The van der Waals surface area contributed by atoms with Crippen LogP contribution >= 0.6 is 23.1 Å². The molecule has 1 fully saturated rings. The van der Waals surface area contributed by atoms with Crippen molar-refractivity contribution >= 4 is 34.9 Å². The quantitative estimate of drug-likeness (QED) is 0.615. The highest BCUT2D eigenvalue weighted by Crippen LogP contribution is 2.24. The van der Waals surface area contributed by atoms with Gasteiger partial charge in [0.1, 0.15) is 16.9 Å². The van der Waals surface area contributed by atoms with E-state index in [9.17, 15) is 14.0 Å². The number of aromatic nitrogens is 1. The highest BCUT2D eigenvalue weighted by Gasteiger charge is 2.32. The average Bonchev–Trinajstić information content (AvgIpc) is 3.25. The zero-order valence-electron chi connectivity index (χ0n) is 16.0. The fraction of sp³-hybridized carbons (Fsp3) is 0.227. The van der Waals surface area contributed by atoms with Crippen LogP contribution in [-0.2, 0) is 22.6 Å². The fourth-order valence-corrected chi connectivity index (χ4v) is 5.14. The minimum atomic E-state index is -0.570. The molecule has 2 N–H and O–H groups in total. The Morgan fingerprint density at radius 3 is 2.67 bits per heavy atom. The van der Waals surface area contributed by atoms with Crippen molar-refractivity contribution < 1.29 is 14.0 Å². The average molecular weight is 442 g/mol. The largest absolute Gasteiger partial charge is 0.349 e. The topological polar surface area (TPSA) is 71.1 Å². The molecule has 1 aromatic heterocycles. The van der Waals surface area contributed by atoms with Crippen molar-refractivity contribution in [2.24, 2.45) is 0 Å². The van der Waals surface area contributed by atoms with Crippen molar-refractivity contribution in [2.45, 2.75) is 24.3 Å². The highest BCUT2D eigenvalue weighted by atomic mass is 32.2. The third-order valence-electron chi connectivity index (χ3n) is 4.74. The zero-order valence-corrected chi connectivity index (χ0v) is 17.6. The molecule has 30 heavy (non-hydrogen) atoms. The van der Waals surface area contributed by atoms with Crippen molar-refractivity contribution in [3.05, 3.63) is 77.1 Å². The van der Waals surface area contributed by atoms with Gasteiger partial charge >= 0.3 is 0 Å². The molecule has 1 aliphatic heterocycles. The second-order valence-corrected chi connectivity index (χ2v) is 9.04. The van der Waals surface area contributed by atoms with Crippen LogP contribution in [-0.4, -0.2) is 33.8 Å². The molecule has 2 aromatic carbocycles. The lowest BCUT2D eigenvalue weighted by atomic mass is 10.1. The minimum Gasteiger partial charge on any atom is -0.349 e. The van der Waals surface area contributed by atoms with Crippen LogP contribution in [0, 0.1) is 5.82 Å². The monoisotopic (exact) mass is 441 g/mol. The molecule has 5 nitrogen and oxygen atoms in total. The third kappa shape index (κ3) is 5.06. The number of rotatable bonds is 6. The summed E-state index contributed by atoms with van der Waals surface area (Å²) < 4.78 is 13.0. The van der Waals surface area contributed by atoms with Gasteiger partial charge in [0.15, 0.2) is 0 Å². The van der Waals surface area contributed by atoms with E-state index < -0.39 is 6.04 Å². The number of hydrogen-bond donors (Lipinski definition) is 2. The van der Waals surface area contributed by atoms with Gasteiger partial charge in [0, 0.05) is 16.7 Å². The number of nitrogens with zero attached hydrogens (tertiary/aromatic N) is 1. The van der Waals surface area contributed by atoms with Gasteiger partial charge in [-0.25, -0.2) is 9.37 Å². The summed E-state index contributed by atoms with van der Waals surface area (Å²) in [6.07, 6.45) is 0.506. The smallest absolute Gasteiger partial charge is 0.243 e. The number of nitrogens with one attached hydrogen (secondary N) is 2. The van der Waals surface area contributed by atoms with E-state index in [0.717, 1.165) is 21.8 Å². The van der Waals surface area contributed by atoms with Gasteiger partial charge in [-0.05, 0) is 24.1 Å². The maximum Gasteiger partial charge on any atom is 0.243 e. The Morgan fingerprint density at radius 1 is 1.17 bits per heavy atom. The maximum atomic E-state index is 13.0. The predicted molar refractivity (Wildman–Crippen MR) is 118 cm³/mol. The lowest BCUT2D eigenvalue weighted by Crippen LogP contribution is -2.54. The van der Waals surface area contributed by atoms with Crippen molar-refractivity contribution in [1.29, 1.82) is 0 Å². The maximum absolute atomic E-state index is 13.0. The third-order valence-corrected chi connectivity index (χ3v) is 6.99. The van der Waals surface area contributed by atoms with Gasteiger partial charge in [-0.2, -0.15) is 0 Å². The second kappa shape index (κ2) is 9.40. The number of carbonyl (C=O) groups excluding carboxylic acids is 2. The van der Waals surface area contributed by atoms with Gasteiger partial charge in [0.2, 0.25) is 11.8 Å². The molecule has 0 saturated carbocycles. The summed E-state index contributed by atoms with van der Waals surface area (Å²) in [4.78, 5) is 29.5. The van der Waals surface area contributed by atoms with Gasteiger partial charge in [0.05, 0.1) is 17.5 Å². The molecule has 0 radical (unpaired) electrons. The number of amides is 2. The molecule has 0 aliphatic carbocycles. The molecule has 2 unspecified atom stereocenters. The van der Waals surface area contributed by atoms with Crippen molar-refractivity contribution in [2.75, 3.05) is 5.75 Å². The van der Waals surface area contributed by atoms with Crippen molar-refractivity contribution in [3.8, 4) is 10.6 Å². The van der Waals surface area contributed by atoms with Crippen LogP contribution in [0.1, 0.15) is 11.3 Å². The lowest BCUT2D eigenvalue weighted by Gasteiger charge is -2.28. The normalized spacial score (nSPS) is 18.6. The van der Waals surface area contributed by atoms with Crippen LogP contribution < -0.4 is 10.6 Å². The Morgan fingerprint density at radius 2 is 1.93 bits per heavy atom. The summed E-state index contributed by atoms with van der Waals surface area (Å²) in [6, 6.07) is 15.4. The van der Waals surface area contributed by atoms with E-state index in [1.807, 2.05) is 35.7 Å². The summed E-state index contributed by atoms with van der Waals surface area (Å²) in [7, 11) is 0. The van der Waals surface area contributed by atoms with E-state index >= 15 is 0 Å². The standard InChI is InChI=1S/C22H20FN3O2S2/c23-16-8-6-14(7-9-16)10-19-21(28)26-18(13-29-19)20(27)24-11-17-12-30-22(25-17)15-4-2-1-3-5-15/h1-9,12,18-19H,10-11,13H2,(H,24,27)(H,26,28). The van der Waals surface area contributed by atoms with E-state index in [-0.39, 0.29) is 22.9 Å². The first-order valence-electron chi connectivity index (χ1n) is 9.52. The van der Waals surface area contributed by atoms with Gasteiger partial charge in [-0.15, -0.1) is 23.1 Å². The molecule has 0 spiro atoms. The summed E-state index contributed by atoms with van der Waals surface area (Å²) in [5, 5.41) is 8.21. The number of thioether (sulfide) groups is 1. The first kappa shape index (κ1) is 20.6. The first-order valence-corrected chi connectivity index (χ1v) is 11.5. The molecule has 154 valence electrons. The minimum absolute atomic E-state index is 0.171. The van der Waals surface area contributed by atoms with Crippen molar-refractivity contribution in [3.63, 3.8) is 0 Å². The Kier molecular flexibility index (Phi) is 6.44. The van der Waals surface area contributed by atoms with Gasteiger partial charge in [0.25, 0.3) is 0 Å². The Hall–Kier alpha value is -2.71. The SMILES string of the molecule is O=C(NCc1csc(-c2ccccc2)n1)C1CSC(Cc2ccc(F)cc2)C(=O)N1. The van der Waals surface area contributed by atoms with Gasteiger partial charge in [-0.1, -0.05) is 42.5 Å². The number of carbonyl (C=O) groups is 2. The molecule has 4 rings (SSSR count). The fourth-order valence-electron chi connectivity index (χ4n) is 3.12. The first-order chi connectivity index (χ1) is 14.6. The summed E-state index contributed by atoms with van der Waals surface area (Å²) in [6.45, 7) is 0.318. The molecular weight excluding hydrogens is 421 g/mol. The van der Waals surface area contributed by atoms with Gasteiger partial charge in [-0.3, -0.25) is 9.59 Å². The van der Waals surface area contributed by atoms with E-state index in [4.69, 9.17) is 0 Å². The number of halogens is 1. The summed E-state index contributed by atoms with van der Waals surface area (Å²) in [5.41, 5.74) is 2.73. The van der Waals surface area contributed by atoms with E-state index in [1.165, 1.54) is 35.2 Å². The molecule has 2 heterocycles. The number of hydrogen-bond acceptors (Lipinski definition) is 5. The van der Waals surface area contributed by atoms with Gasteiger partial charge < -0.3 is 10.6 Å². The molecule has 0 bridgehead atoms. The number of thiazole rings is 1. The van der Waals surface area contributed by atoms with Crippen LogP contribution in [0.3, 0.4) is 0 Å². The van der Waals surface area contributed by atoms with E-state index in [2.05, 4.69) is 15.6 Å². The molecule has 3 aromatic rings. The molecule has 2 amide bonds. The summed E-state index contributed by atoms with van der Waals surface area (Å²) >= 11 is 2.98. The molecule has 2 atom stereocenters. The molecule has 1 aliphatic rings. The Balaban J connectivity index is 1.27. The van der Waals surface area contributed by atoms with Crippen LogP contribution in [0.4, 0.5) is 4.39 Å². The van der Waals surface area contributed by atoms with Crippen molar-refractivity contribution in [1.82, 2.24) is 15.6 Å². The molecule has 1 saturated heterocycles. The molecule has 8 heteroatoms. The lowest BCUT2D eigenvalue weighted by molar-refractivity contribution is -0.128. The number of benzene rings is 2. The molecular formula is C22H20FN3O2S2. The van der Waals surface area contributed by atoms with Crippen LogP contribution in [0.2, 0.25) is 0 Å². The van der Waals surface area contributed by atoms with E-state index in [1.54, 1.807) is 12.1 Å². The van der Waals surface area contributed by atoms with Crippen LogP contribution in [0.15, 0.2) is 60.0 Å². The highest BCUT2D eigenvalue weighted by molar-refractivity contribution is 8.00. The summed E-state index contributed by atoms with van der Waals surface area (Å²) in [5.74, 6) is -0.191.